The number of rotatable bonds is 8. The first-order chi connectivity index (χ1) is 15.9. The monoisotopic (exact) mass is 473 g/mol. The molecule has 2 aromatic carbocycles. The second kappa shape index (κ2) is 10.2. The van der Waals surface area contributed by atoms with Crippen molar-refractivity contribution in [3.63, 3.8) is 0 Å². The minimum atomic E-state index is -3.70. The van der Waals surface area contributed by atoms with Crippen LogP contribution in [0.15, 0.2) is 53.4 Å². The van der Waals surface area contributed by atoms with E-state index in [1.807, 2.05) is 18.2 Å². The average Bonchev–Trinajstić information content (AvgIpc) is 3.36. The first kappa shape index (κ1) is 23.6. The minimum Gasteiger partial charge on any atom is -0.378 e. The van der Waals surface area contributed by atoms with Crippen molar-refractivity contribution in [2.45, 2.75) is 23.8 Å². The smallest absolute Gasteiger partial charge is 0.293 e. The number of likely N-dealkylation sites (N-methyl/N-ethyl adjacent to an activating group) is 1. The van der Waals surface area contributed by atoms with Gasteiger partial charge >= 0.3 is 0 Å². The number of nitrogens with one attached hydrogen (secondary N) is 1. The summed E-state index contributed by atoms with van der Waals surface area (Å²) in [5.74, 6) is 0. The summed E-state index contributed by atoms with van der Waals surface area (Å²) in [6.07, 6.45) is 1.63. The second-order valence-electron chi connectivity index (χ2n) is 8.70. The summed E-state index contributed by atoms with van der Waals surface area (Å²) in [4.78, 5) is 15.9. The van der Waals surface area contributed by atoms with E-state index in [0.29, 0.717) is 25.3 Å². The van der Waals surface area contributed by atoms with Gasteiger partial charge in [-0.15, -0.1) is 0 Å². The van der Waals surface area contributed by atoms with Crippen LogP contribution in [-0.4, -0.2) is 80.3 Å². The molecule has 9 nitrogen and oxygen atoms in total. The summed E-state index contributed by atoms with van der Waals surface area (Å²) in [5.41, 5.74) is 1.38. The molecule has 178 valence electrons. The maximum Gasteiger partial charge on any atom is 0.293 e. The predicted molar refractivity (Wildman–Crippen MR) is 128 cm³/mol. The Morgan fingerprint density at radius 1 is 1.06 bits per heavy atom. The fourth-order valence-electron chi connectivity index (χ4n) is 4.60. The lowest BCUT2D eigenvalue weighted by Gasteiger charge is -2.40. The minimum absolute atomic E-state index is 0.0233. The van der Waals surface area contributed by atoms with E-state index in [9.17, 15) is 18.5 Å². The highest BCUT2D eigenvalue weighted by molar-refractivity contribution is 7.89. The molecule has 1 unspecified atom stereocenters. The third-order valence-electron chi connectivity index (χ3n) is 6.46. The predicted octanol–water partition coefficient (Wildman–Crippen LogP) is 2.78. The Morgan fingerprint density at radius 2 is 1.79 bits per heavy atom. The van der Waals surface area contributed by atoms with Crippen LogP contribution in [0.25, 0.3) is 0 Å². The normalized spacial score (nSPS) is 20.7. The van der Waals surface area contributed by atoms with Crippen molar-refractivity contribution in [2.24, 2.45) is 0 Å². The molecular weight excluding hydrogens is 442 g/mol. The highest BCUT2D eigenvalue weighted by Crippen LogP contribution is 2.30. The van der Waals surface area contributed by atoms with E-state index in [0.717, 1.165) is 39.0 Å². The molecule has 0 amide bonds. The Bertz CT molecular complexity index is 1070. The van der Waals surface area contributed by atoms with Gasteiger partial charge in [0.25, 0.3) is 5.69 Å². The molecule has 0 aromatic heterocycles. The van der Waals surface area contributed by atoms with Gasteiger partial charge in [-0.05, 0) is 37.6 Å². The molecule has 10 heteroatoms. The van der Waals surface area contributed by atoms with E-state index in [4.69, 9.17) is 0 Å². The molecular formula is C23H31N5O4S. The van der Waals surface area contributed by atoms with Gasteiger partial charge in [-0.1, -0.05) is 30.3 Å². The maximum absolute atomic E-state index is 12.8. The largest absolute Gasteiger partial charge is 0.378 e. The van der Waals surface area contributed by atoms with Gasteiger partial charge < -0.3 is 10.2 Å². The molecule has 33 heavy (non-hydrogen) atoms. The lowest BCUT2D eigenvalue weighted by molar-refractivity contribution is -0.384. The van der Waals surface area contributed by atoms with E-state index < -0.39 is 14.9 Å². The molecule has 2 aliphatic heterocycles. The Labute approximate surface area is 195 Å². The van der Waals surface area contributed by atoms with Crippen LogP contribution in [0.3, 0.4) is 0 Å². The molecule has 2 heterocycles. The van der Waals surface area contributed by atoms with E-state index in [1.54, 1.807) is 0 Å². The fourth-order valence-corrected chi connectivity index (χ4v) is 6.14. The summed E-state index contributed by atoms with van der Waals surface area (Å²) in [7, 11) is -1.59. The highest BCUT2D eigenvalue weighted by Gasteiger charge is 2.30. The van der Waals surface area contributed by atoms with Gasteiger partial charge in [-0.2, -0.15) is 4.31 Å². The van der Waals surface area contributed by atoms with Crippen LogP contribution >= 0.6 is 0 Å². The molecule has 2 fully saturated rings. The molecule has 0 aliphatic carbocycles. The summed E-state index contributed by atoms with van der Waals surface area (Å²) in [6.45, 7) is 4.96. The third kappa shape index (κ3) is 5.35. The Morgan fingerprint density at radius 3 is 2.48 bits per heavy atom. The average molecular weight is 474 g/mol. The van der Waals surface area contributed by atoms with Crippen LogP contribution in [-0.2, 0) is 10.0 Å². The standard InChI is InChI=1S/C23H31N5O4S/c1-25-15-16-26(23(18-25)19-7-3-2-4-8-19)14-11-24-21-10-9-20(17-22(21)28(29)30)33(31,32)27-12-5-6-13-27/h2-4,7-10,17,23-24H,5-6,11-16,18H2,1H3. The number of benzene rings is 2. The maximum atomic E-state index is 12.8. The topological polar surface area (TPSA) is 99.0 Å². The number of nitro groups is 1. The molecule has 0 spiro atoms. The van der Waals surface area contributed by atoms with Crippen LogP contribution in [0.4, 0.5) is 11.4 Å². The number of nitrogens with zero attached hydrogens (tertiary/aromatic N) is 4. The number of hydrogen-bond acceptors (Lipinski definition) is 7. The zero-order chi connectivity index (χ0) is 23.4. The molecule has 4 rings (SSSR count). The van der Waals surface area contributed by atoms with Crippen LogP contribution in [0.5, 0.6) is 0 Å². The van der Waals surface area contributed by atoms with E-state index in [1.165, 1.54) is 28.1 Å². The second-order valence-corrected chi connectivity index (χ2v) is 10.6. The van der Waals surface area contributed by atoms with Gasteiger partial charge in [0.15, 0.2) is 0 Å². The van der Waals surface area contributed by atoms with Crippen molar-refractivity contribution < 1.29 is 13.3 Å². The Kier molecular flexibility index (Phi) is 7.28. The lowest BCUT2D eigenvalue weighted by Crippen LogP contribution is -2.48. The molecule has 0 saturated carbocycles. The van der Waals surface area contributed by atoms with Crippen molar-refractivity contribution in [1.82, 2.24) is 14.1 Å². The first-order valence-electron chi connectivity index (χ1n) is 11.4. The van der Waals surface area contributed by atoms with Crippen molar-refractivity contribution >= 4 is 21.4 Å². The van der Waals surface area contributed by atoms with Crippen molar-refractivity contribution in [3.05, 3.63) is 64.2 Å². The molecule has 1 atom stereocenters. The van der Waals surface area contributed by atoms with E-state index >= 15 is 0 Å². The number of anilines is 1. The van der Waals surface area contributed by atoms with Crippen molar-refractivity contribution in [1.29, 1.82) is 0 Å². The molecule has 0 radical (unpaired) electrons. The summed E-state index contributed by atoms with van der Waals surface area (Å²) in [6, 6.07) is 14.8. The highest BCUT2D eigenvalue weighted by atomic mass is 32.2. The van der Waals surface area contributed by atoms with Gasteiger partial charge in [-0.3, -0.25) is 15.0 Å². The lowest BCUT2D eigenvalue weighted by atomic mass is 10.0. The van der Waals surface area contributed by atoms with Gasteiger partial charge in [-0.25, -0.2) is 8.42 Å². The first-order valence-corrected chi connectivity index (χ1v) is 12.8. The van der Waals surface area contributed by atoms with Gasteiger partial charge in [0, 0.05) is 57.9 Å². The number of hydrogen-bond donors (Lipinski definition) is 1. The van der Waals surface area contributed by atoms with Gasteiger partial charge in [0.2, 0.25) is 10.0 Å². The third-order valence-corrected chi connectivity index (χ3v) is 8.36. The summed E-state index contributed by atoms with van der Waals surface area (Å²) in [5, 5.41) is 14.9. The SMILES string of the molecule is CN1CCN(CCNc2ccc(S(=O)(=O)N3CCCC3)cc2[N+](=O)[O-])C(c2ccccc2)C1. The molecule has 2 saturated heterocycles. The molecule has 1 N–H and O–H groups in total. The van der Waals surface area contributed by atoms with Crippen LogP contribution in [0.1, 0.15) is 24.4 Å². The summed E-state index contributed by atoms with van der Waals surface area (Å²) < 4.78 is 27.0. The van der Waals surface area contributed by atoms with Crippen molar-refractivity contribution in [3.8, 4) is 0 Å². The van der Waals surface area contributed by atoms with Crippen LogP contribution in [0, 0.1) is 10.1 Å². The van der Waals surface area contributed by atoms with E-state index in [2.05, 4.69) is 34.3 Å². The summed E-state index contributed by atoms with van der Waals surface area (Å²) >= 11 is 0. The van der Waals surface area contributed by atoms with Gasteiger partial charge in [0.1, 0.15) is 5.69 Å². The number of piperazine rings is 1. The Balaban J connectivity index is 1.46. The quantitative estimate of drug-likeness (QED) is 0.465. The molecule has 2 aromatic rings. The zero-order valence-electron chi connectivity index (χ0n) is 18.9. The molecule has 2 aliphatic rings. The van der Waals surface area contributed by atoms with Crippen LogP contribution < -0.4 is 5.32 Å². The molecule has 0 bridgehead atoms. The Hall–Kier alpha value is -2.53. The number of nitro benzene ring substituents is 1. The van der Waals surface area contributed by atoms with Gasteiger partial charge in [0.05, 0.1) is 9.82 Å². The van der Waals surface area contributed by atoms with E-state index in [-0.39, 0.29) is 16.6 Å². The fraction of sp³-hybridized carbons (Fsp3) is 0.478. The zero-order valence-corrected chi connectivity index (χ0v) is 19.7. The number of sulfonamides is 1. The van der Waals surface area contributed by atoms with Crippen LogP contribution in [0.2, 0.25) is 0 Å². The van der Waals surface area contributed by atoms with Crippen molar-refractivity contribution in [2.75, 3.05) is 58.2 Å².